The first kappa shape index (κ1) is 11.6. The van der Waals surface area contributed by atoms with E-state index in [4.69, 9.17) is 4.74 Å². The number of imidazole rings is 1. The Bertz CT molecular complexity index is 280. The van der Waals surface area contributed by atoms with Gasteiger partial charge in [0, 0.05) is 38.2 Å². The molecule has 0 bridgehead atoms. The summed E-state index contributed by atoms with van der Waals surface area (Å²) in [4.78, 5) is 4.05. The number of hydrogen-bond donors (Lipinski definition) is 1. The molecule has 1 N–H and O–H groups in total. The van der Waals surface area contributed by atoms with Gasteiger partial charge >= 0.3 is 0 Å². The van der Waals surface area contributed by atoms with Crippen molar-refractivity contribution in [2.45, 2.75) is 32.4 Å². The summed E-state index contributed by atoms with van der Waals surface area (Å²) >= 11 is 0. The van der Waals surface area contributed by atoms with Crippen LogP contribution in [0.4, 0.5) is 0 Å². The fourth-order valence-electron chi connectivity index (χ4n) is 2.09. The molecular formula is C12H21N3O. The van der Waals surface area contributed by atoms with Crippen LogP contribution in [-0.2, 0) is 11.3 Å². The summed E-state index contributed by atoms with van der Waals surface area (Å²) in [5.41, 5.74) is 0. The van der Waals surface area contributed by atoms with Crippen LogP contribution in [-0.4, -0.2) is 35.4 Å². The minimum absolute atomic E-state index is 0.636. The molecule has 4 heteroatoms. The van der Waals surface area contributed by atoms with Gasteiger partial charge in [0.15, 0.2) is 0 Å². The van der Waals surface area contributed by atoms with Crippen LogP contribution in [0.1, 0.15) is 19.8 Å². The molecule has 1 saturated heterocycles. The van der Waals surface area contributed by atoms with Gasteiger partial charge in [-0.15, -0.1) is 0 Å². The van der Waals surface area contributed by atoms with Crippen LogP contribution in [0.2, 0.25) is 0 Å². The first-order valence-corrected chi connectivity index (χ1v) is 6.11. The first-order valence-electron chi connectivity index (χ1n) is 6.11. The molecule has 0 spiro atoms. The number of aromatic nitrogens is 2. The molecular weight excluding hydrogens is 202 g/mol. The highest BCUT2D eigenvalue weighted by atomic mass is 16.5. The van der Waals surface area contributed by atoms with Crippen LogP contribution < -0.4 is 5.32 Å². The molecule has 0 radical (unpaired) electrons. The normalized spacial score (nSPS) is 19.8. The zero-order valence-electron chi connectivity index (χ0n) is 9.93. The number of nitrogens with one attached hydrogen (secondary N) is 1. The van der Waals surface area contributed by atoms with Crippen molar-refractivity contribution in [2.24, 2.45) is 5.92 Å². The van der Waals surface area contributed by atoms with Crippen LogP contribution in [0.5, 0.6) is 0 Å². The highest BCUT2D eigenvalue weighted by Crippen LogP contribution is 2.07. The van der Waals surface area contributed by atoms with Gasteiger partial charge in [0.25, 0.3) is 0 Å². The molecule has 0 aromatic carbocycles. The average molecular weight is 223 g/mol. The van der Waals surface area contributed by atoms with E-state index in [0.717, 1.165) is 39.1 Å². The number of rotatable bonds is 5. The van der Waals surface area contributed by atoms with E-state index < -0.39 is 0 Å². The van der Waals surface area contributed by atoms with Crippen molar-refractivity contribution >= 4 is 0 Å². The van der Waals surface area contributed by atoms with Gasteiger partial charge in [-0.05, 0) is 25.3 Å². The van der Waals surface area contributed by atoms with Crippen LogP contribution >= 0.6 is 0 Å². The Hall–Kier alpha value is -0.870. The monoisotopic (exact) mass is 223 g/mol. The molecule has 16 heavy (non-hydrogen) atoms. The second-order valence-corrected chi connectivity index (χ2v) is 4.66. The van der Waals surface area contributed by atoms with E-state index in [2.05, 4.69) is 21.8 Å². The first-order chi connectivity index (χ1) is 7.84. The van der Waals surface area contributed by atoms with Gasteiger partial charge in [0.05, 0.1) is 6.33 Å². The lowest BCUT2D eigenvalue weighted by Crippen LogP contribution is -2.37. The highest BCUT2D eigenvalue weighted by Gasteiger charge is 2.13. The van der Waals surface area contributed by atoms with Gasteiger partial charge in [0.1, 0.15) is 0 Å². The summed E-state index contributed by atoms with van der Waals surface area (Å²) in [5.74, 6) is 0.636. The van der Waals surface area contributed by atoms with Crippen molar-refractivity contribution < 1.29 is 4.74 Å². The maximum Gasteiger partial charge on any atom is 0.0946 e. The van der Waals surface area contributed by atoms with Gasteiger partial charge in [-0.2, -0.15) is 0 Å². The molecule has 1 fully saturated rings. The van der Waals surface area contributed by atoms with Gasteiger partial charge < -0.3 is 14.6 Å². The summed E-state index contributed by atoms with van der Waals surface area (Å²) in [7, 11) is 0. The SMILES string of the molecule is CC(CNC1CCOCC1)Cn1ccnc1. The number of hydrogen-bond acceptors (Lipinski definition) is 3. The summed E-state index contributed by atoms with van der Waals surface area (Å²) in [6.07, 6.45) is 8.03. The van der Waals surface area contributed by atoms with Crippen LogP contribution in [0.25, 0.3) is 0 Å². The Morgan fingerprint density at radius 1 is 1.50 bits per heavy atom. The molecule has 1 aromatic rings. The molecule has 2 rings (SSSR count). The minimum Gasteiger partial charge on any atom is -0.381 e. The van der Waals surface area contributed by atoms with E-state index in [1.807, 2.05) is 18.7 Å². The Morgan fingerprint density at radius 2 is 2.31 bits per heavy atom. The van der Waals surface area contributed by atoms with Crippen molar-refractivity contribution in [3.05, 3.63) is 18.7 Å². The summed E-state index contributed by atoms with van der Waals surface area (Å²) in [6, 6.07) is 0.652. The minimum atomic E-state index is 0.636. The molecule has 90 valence electrons. The predicted octanol–water partition coefficient (Wildman–Crippen LogP) is 1.29. The Morgan fingerprint density at radius 3 is 3.00 bits per heavy atom. The maximum atomic E-state index is 5.34. The van der Waals surface area contributed by atoms with Gasteiger partial charge in [-0.3, -0.25) is 0 Å². The third-order valence-corrected chi connectivity index (χ3v) is 3.06. The standard InChI is InChI=1S/C12H21N3O/c1-11(9-15-5-4-13-10-15)8-14-12-2-6-16-7-3-12/h4-5,10-12,14H,2-3,6-9H2,1H3. The van der Waals surface area contributed by atoms with Gasteiger partial charge in [-0.25, -0.2) is 4.98 Å². The number of ether oxygens (including phenoxy) is 1. The second kappa shape index (κ2) is 6.01. The topological polar surface area (TPSA) is 39.1 Å². The molecule has 0 aliphatic carbocycles. The van der Waals surface area contributed by atoms with E-state index in [-0.39, 0.29) is 0 Å². The molecule has 1 unspecified atom stereocenters. The largest absolute Gasteiger partial charge is 0.381 e. The lowest BCUT2D eigenvalue weighted by Gasteiger charge is -2.25. The molecule has 2 heterocycles. The van der Waals surface area contributed by atoms with E-state index in [1.165, 1.54) is 0 Å². The van der Waals surface area contributed by atoms with E-state index in [0.29, 0.717) is 12.0 Å². The van der Waals surface area contributed by atoms with E-state index in [1.54, 1.807) is 0 Å². The molecule has 0 saturated carbocycles. The highest BCUT2D eigenvalue weighted by molar-refractivity contribution is 4.76. The van der Waals surface area contributed by atoms with Crippen LogP contribution in [0.15, 0.2) is 18.7 Å². The molecule has 1 atom stereocenters. The van der Waals surface area contributed by atoms with Crippen molar-refractivity contribution in [1.29, 1.82) is 0 Å². The van der Waals surface area contributed by atoms with Crippen molar-refractivity contribution in [1.82, 2.24) is 14.9 Å². The molecule has 0 amide bonds. The zero-order valence-corrected chi connectivity index (χ0v) is 9.93. The Kier molecular flexibility index (Phi) is 4.36. The zero-order chi connectivity index (χ0) is 11.2. The van der Waals surface area contributed by atoms with E-state index >= 15 is 0 Å². The predicted molar refractivity (Wildman–Crippen MR) is 63.2 cm³/mol. The maximum absolute atomic E-state index is 5.34. The van der Waals surface area contributed by atoms with Crippen LogP contribution in [0, 0.1) is 5.92 Å². The summed E-state index contributed by atoms with van der Waals surface area (Å²) in [6.45, 7) is 6.20. The summed E-state index contributed by atoms with van der Waals surface area (Å²) in [5, 5.41) is 3.62. The van der Waals surface area contributed by atoms with Gasteiger partial charge in [-0.1, -0.05) is 6.92 Å². The van der Waals surface area contributed by atoms with Crippen molar-refractivity contribution in [3.63, 3.8) is 0 Å². The fraction of sp³-hybridized carbons (Fsp3) is 0.750. The average Bonchev–Trinajstić information content (AvgIpc) is 2.81. The smallest absolute Gasteiger partial charge is 0.0946 e. The van der Waals surface area contributed by atoms with Crippen molar-refractivity contribution in [2.75, 3.05) is 19.8 Å². The quantitative estimate of drug-likeness (QED) is 0.817. The fourth-order valence-corrected chi connectivity index (χ4v) is 2.09. The van der Waals surface area contributed by atoms with Gasteiger partial charge in [0.2, 0.25) is 0 Å². The summed E-state index contributed by atoms with van der Waals surface area (Å²) < 4.78 is 7.47. The lowest BCUT2D eigenvalue weighted by molar-refractivity contribution is 0.0769. The third kappa shape index (κ3) is 3.61. The second-order valence-electron chi connectivity index (χ2n) is 4.66. The van der Waals surface area contributed by atoms with Crippen LogP contribution in [0.3, 0.4) is 0 Å². The number of nitrogens with zero attached hydrogens (tertiary/aromatic N) is 2. The third-order valence-electron chi connectivity index (χ3n) is 3.06. The lowest BCUT2D eigenvalue weighted by atomic mass is 10.1. The Balaban J connectivity index is 1.65. The molecule has 4 nitrogen and oxygen atoms in total. The molecule has 1 aromatic heterocycles. The molecule has 1 aliphatic heterocycles. The van der Waals surface area contributed by atoms with E-state index in [9.17, 15) is 0 Å². The molecule has 1 aliphatic rings. The Labute approximate surface area is 97.0 Å². The van der Waals surface area contributed by atoms with Crippen molar-refractivity contribution in [3.8, 4) is 0 Å².